The second-order valence-corrected chi connectivity index (χ2v) is 5.26. The number of halogens is 2. The zero-order valence-electron chi connectivity index (χ0n) is 13.7. The van der Waals surface area contributed by atoms with E-state index in [9.17, 15) is 8.78 Å². The standard InChI is InChI=1S/C10H6F2N6.C6H14.2H2/c11-4-1-5-7(17-18-9(5)14-2-4)10-15-3-6(12)8(13)16-10;1-3-5-6-4-2;;/h1-3H,(H2,13,15,16)(H,14,17,18);3-6H2,1-2H3;2*1H. The first-order valence-corrected chi connectivity index (χ1v) is 7.84. The largest absolute Gasteiger partial charge is 0.381 e. The van der Waals surface area contributed by atoms with Crippen molar-refractivity contribution in [3.8, 4) is 11.5 Å². The summed E-state index contributed by atoms with van der Waals surface area (Å²) in [5.41, 5.74) is 6.00. The lowest BCUT2D eigenvalue weighted by Crippen LogP contribution is -1.99. The third kappa shape index (κ3) is 4.21. The molecule has 0 aliphatic heterocycles. The van der Waals surface area contributed by atoms with Crippen LogP contribution in [-0.4, -0.2) is 25.1 Å². The molecule has 0 fully saturated rings. The molecule has 3 aromatic heterocycles. The van der Waals surface area contributed by atoms with Crippen LogP contribution in [0.4, 0.5) is 14.6 Å². The number of hydrogen-bond acceptors (Lipinski definition) is 5. The molecule has 0 atom stereocenters. The summed E-state index contributed by atoms with van der Waals surface area (Å²) < 4.78 is 26.1. The smallest absolute Gasteiger partial charge is 0.183 e. The summed E-state index contributed by atoms with van der Waals surface area (Å²) in [6, 6.07) is 1.24. The van der Waals surface area contributed by atoms with E-state index in [2.05, 4.69) is 39.0 Å². The molecule has 8 heteroatoms. The van der Waals surface area contributed by atoms with Gasteiger partial charge in [-0.3, -0.25) is 5.10 Å². The molecule has 24 heavy (non-hydrogen) atoms. The molecule has 0 spiro atoms. The van der Waals surface area contributed by atoms with Gasteiger partial charge in [-0.25, -0.2) is 23.7 Å². The van der Waals surface area contributed by atoms with E-state index in [0.717, 1.165) is 12.4 Å². The van der Waals surface area contributed by atoms with E-state index in [-0.39, 0.29) is 14.5 Å². The first-order valence-electron chi connectivity index (χ1n) is 7.84. The summed E-state index contributed by atoms with van der Waals surface area (Å²) in [6.07, 6.45) is 7.53. The van der Waals surface area contributed by atoms with Gasteiger partial charge in [0.25, 0.3) is 0 Å². The molecule has 3 heterocycles. The summed E-state index contributed by atoms with van der Waals surface area (Å²) >= 11 is 0. The maximum absolute atomic E-state index is 13.1. The summed E-state index contributed by atoms with van der Waals surface area (Å²) in [6.45, 7) is 4.46. The van der Waals surface area contributed by atoms with Gasteiger partial charge >= 0.3 is 0 Å². The van der Waals surface area contributed by atoms with Gasteiger partial charge in [0, 0.05) is 2.85 Å². The highest BCUT2D eigenvalue weighted by molar-refractivity contribution is 5.88. The van der Waals surface area contributed by atoms with E-state index >= 15 is 0 Å². The monoisotopic (exact) mass is 338 g/mol. The zero-order chi connectivity index (χ0) is 17.5. The number of aromatic nitrogens is 5. The summed E-state index contributed by atoms with van der Waals surface area (Å²) in [4.78, 5) is 11.3. The van der Waals surface area contributed by atoms with Crippen LogP contribution in [0.1, 0.15) is 42.4 Å². The molecule has 0 aliphatic rings. The fraction of sp³-hybridized carbons (Fsp3) is 0.375. The second-order valence-electron chi connectivity index (χ2n) is 5.26. The van der Waals surface area contributed by atoms with Crippen LogP contribution < -0.4 is 5.73 Å². The number of nitrogens with zero attached hydrogens (tertiary/aromatic N) is 4. The Morgan fingerprint density at radius 1 is 1.12 bits per heavy atom. The predicted molar refractivity (Wildman–Crippen MR) is 93.3 cm³/mol. The Balaban J connectivity index is 0.000000687. The lowest BCUT2D eigenvalue weighted by Gasteiger charge is -1.99. The van der Waals surface area contributed by atoms with E-state index in [4.69, 9.17) is 5.73 Å². The fourth-order valence-corrected chi connectivity index (χ4v) is 2.05. The van der Waals surface area contributed by atoms with Crippen molar-refractivity contribution in [3.63, 3.8) is 0 Å². The van der Waals surface area contributed by atoms with Crippen LogP contribution in [0.3, 0.4) is 0 Å². The van der Waals surface area contributed by atoms with Gasteiger partial charge < -0.3 is 5.73 Å². The Bertz CT molecular complexity index is 809. The molecule has 0 radical (unpaired) electrons. The fourth-order valence-electron chi connectivity index (χ4n) is 2.05. The summed E-state index contributed by atoms with van der Waals surface area (Å²) in [7, 11) is 0. The number of nitrogens with one attached hydrogen (secondary N) is 1. The van der Waals surface area contributed by atoms with Gasteiger partial charge in [-0.2, -0.15) is 5.10 Å². The molecule has 0 aliphatic carbocycles. The van der Waals surface area contributed by atoms with E-state index in [1.165, 1.54) is 31.7 Å². The van der Waals surface area contributed by atoms with Gasteiger partial charge in [0.1, 0.15) is 11.5 Å². The van der Waals surface area contributed by atoms with Gasteiger partial charge in [-0.15, -0.1) is 0 Å². The molecule has 3 aromatic rings. The third-order valence-electron chi connectivity index (χ3n) is 3.33. The molecule has 3 N–H and O–H groups in total. The third-order valence-corrected chi connectivity index (χ3v) is 3.33. The lowest BCUT2D eigenvalue weighted by molar-refractivity contribution is 0.620. The highest BCUT2D eigenvalue weighted by Crippen LogP contribution is 2.23. The van der Waals surface area contributed by atoms with Crippen molar-refractivity contribution in [2.24, 2.45) is 0 Å². The number of unbranched alkanes of at least 4 members (excludes halogenated alkanes) is 3. The van der Waals surface area contributed by atoms with Gasteiger partial charge in [0.2, 0.25) is 0 Å². The van der Waals surface area contributed by atoms with Crippen LogP contribution in [0.25, 0.3) is 22.6 Å². The number of aromatic amines is 1. The predicted octanol–water partition coefficient (Wildman–Crippen LogP) is 4.35. The average Bonchev–Trinajstić information content (AvgIpc) is 2.99. The van der Waals surface area contributed by atoms with Crippen LogP contribution in [-0.2, 0) is 0 Å². The van der Waals surface area contributed by atoms with E-state index in [1.807, 2.05) is 0 Å². The van der Waals surface area contributed by atoms with Crippen LogP contribution in [0.5, 0.6) is 0 Å². The molecule has 0 bridgehead atoms. The molecule has 0 amide bonds. The minimum absolute atomic E-state index is 0. The molecular weight excluding hydrogens is 314 g/mol. The number of fused-ring (bicyclic) bond motifs is 1. The summed E-state index contributed by atoms with van der Waals surface area (Å²) in [5.74, 6) is -1.39. The van der Waals surface area contributed by atoms with Gasteiger partial charge in [0.15, 0.2) is 23.1 Å². The Kier molecular flexibility index (Phi) is 6.11. The Morgan fingerprint density at radius 2 is 1.83 bits per heavy atom. The number of rotatable bonds is 4. The van der Waals surface area contributed by atoms with Crippen molar-refractivity contribution in [2.45, 2.75) is 39.5 Å². The Hall–Kier alpha value is -2.64. The maximum Gasteiger partial charge on any atom is 0.183 e. The van der Waals surface area contributed by atoms with Crippen LogP contribution >= 0.6 is 0 Å². The number of anilines is 1. The van der Waals surface area contributed by atoms with Gasteiger partial charge in [-0.05, 0) is 6.07 Å². The number of nitrogen functional groups attached to an aromatic ring is 1. The van der Waals surface area contributed by atoms with Crippen LogP contribution in [0, 0.1) is 11.6 Å². The second kappa shape index (κ2) is 8.28. The molecule has 132 valence electrons. The average molecular weight is 338 g/mol. The van der Waals surface area contributed by atoms with E-state index in [0.29, 0.717) is 16.7 Å². The molecule has 0 unspecified atom stereocenters. The molecule has 0 saturated carbocycles. The number of H-pyrrole nitrogens is 1. The SMILES string of the molecule is CCCCCC.Nc1nc(-c2[nH]nc3ncc(F)cc23)ncc1F.[HH].[HH]. The van der Waals surface area contributed by atoms with Gasteiger partial charge in [0.05, 0.1) is 17.8 Å². The number of nitrogens with two attached hydrogens (primary N) is 1. The molecule has 3 rings (SSSR count). The zero-order valence-corrected chi connectivity index (χ0v) is 13.7. The van der Waals surface area contributed by atoms with Crippen molar-refractivity contribution in [2.75, 3.05) is 5.73 Å². The topological polar surface area (TPSA) is 93.4 Å². The Labute approximate surface area is 141 Å². The maximum atomic E-state index is 13.1. The quantitative estimate of drug-likeness (QED) is 0.690. The lowest BCUT2D eigenvalue weighted by atomic mass is 10.2. The van der Waals surface area contributed by atoms with Crippen molar-refractivity contribution < 1.29 is 11.6 Å². The first-order chi connectivity index (χ1) is 11.6. The highest BCUT2D eigenvalue weighted by atomic mass is 19.1. The molecular formula is C16H24F2N6. The van der Waals surface area contributed by atoms with Crippen LogP contribution in [0.15, 0.2) is 18.5 Å². The number of pyridine rings is 1. The minimum atomic E-state index is -0.716. The van der Waals surface area contributed by atoms with Crippen molar-refractivity contribution in [1.82, 2.24) is 25.1 Å². The molecule has 0 aromatic carbocycles. The van der Waals surface area contributed by atoms with Crippen molar-refractivity contribution >= 4 is 16.9 Å². The molecule has 0 saturated heterocycles. The van der Waals surface area contributed by atoms with Crippen LogP contribution in [0.2, 0.25) is 0 Å². The first kappa shape index (κ1) is 17.7. The van der Waals surface area contributed by atoms with Gasteiger partial charge in [-0.1, -0.05) is 39.5 Å². The highest BCUT2D eigenvalue weighted by Gasteiger charge is 2.13. The minimum Gasteiger partial charge on any atom is -0.381 e. The van der Waals surface area contributed by atoms with Crippen molar-refractivity contribution in [1.29, 1.82) is 0 Å². The normalized spacial score (nSPS) is 10.5. The van der Waals surface area contributed by atoms with E-state index in [1.54, 1.807) is 0 Å². The Morgan fingerprint density at radius 3 is 2.46 bits per heavy atom. The van der Waals surface area contributed by atoms with E-state index < -0.39 is 11.6 Å². The number of hydrogen-bond donors (Lipinski definition) is 2. The van der Waals surface area contributed by atoms with Crippen molar-refractivity contribution in [3.05, 3.63) is 30.1 Å². The molecule has 6 nitrogen and oxygen atoms in total. The summed E-state index contributed by atoms with van der Waals surface area (Å²) in [5, 5.41) is 6.90.